The number of nitrogens with one attached hydrogen (secondary N) is 2. The van der Waals surface area contributed by atoms with Gasteiger partial charge < -0.3 is 16.4 Å². The van der Waals surface area contributed by atoms with E-state index < -0.39 is 0 Å². The number of carbonyl (C=O) groups is 2. The van der Waals surface area contributed by atoms with Crippen LogP contribution in [0, 0.1) is 6.92 Å². The van der Waals surface area contributed by atoms with Crippen LogP contribution in [0.3, 0.4) is 0 Å². The molecule has 0 fully saturated rings. The van der Waals surface area contributed by atoms with Crippen LogP contribution in [0.1, 0.15) is 26.5 Å². The second-order valence-corrected chi connectivity index (χ2v) is 4.59. The van der Waals surface area contributed by atoms with Gasteiger partial charge in [0.05, 0.1) is 11.4 Å². The lowest BCUT2D eigenvalue weighted by Crippen LogP contribution is -2.20. The van der Waals surface area contributed by atoms with Gasteiger partial charge in [0.1, 0.15) is 5.69 Å². The summed E-state index contributed by atoms with van der Waals surface area (Å²) in [6.45, 7) is 1.73. The van der Waals surface area contributed by atoms with Crippen molar-refractivity contribution in [1.29, 1.82) is 0 Å². The lowest BCUT2D eigenvalue weighted by molar-refractivity contribution is 0.0961. The van der Waals surface area contributed by atoms with E-state index in [1.54, 1.807) is 45.3 Å². The van der Waals surface area contributed by atoms with Gasteiger partial charge in [0, 0.05) is 25.3 Å². The summed E-state index contributed by atoms with van der Waals surface area (Å²) in [6.07, 6.45) is 0. The first-order valence-corrected chi connectivity index (χ1v) is 6.36. The Morgan fingerprint density at radius 1 is 1.29 bits per heavy atom. The molecule has 1 heterocycles. The van der Waals surface area contributed by atoms with Gasteiger partial charge >= 0.3 is 0 Å². The zero-order valence-electron chi connectivity index (χ0n) is 12.1. The van der Waals surface area contributed by atoms with Gasteiger partial charge in [0.25, 0.3) is 11.8 Å². The quantitative estimate of drug-likeness (QED) is 0.781. The van der Waals surface area contributed by atoms with Gasteiger partial charge in [-0.15, -0.1) is 0 Å². The Labute approximate surface area is 122 Å². The molecule has 0 spiro atoms. The fourth-order valence-corrected chi connectivity index (χ4v) is 2.02. The first-order chi connectivity index (χ1) is 9.93. The Morgan fingerprint density at radius 2 is 2.00 bits per heavy atom. The van der Waals surface area contributed by atoms with Gasteiger partial charge in [0.2, 0.25) is 0 Å². The van der Waals surface area contributed by atoms with E-state index in [2.05, 4.69) is 15.7 Å². The Bertz CT molecular complexity index is 705. The first kappa shape index (κ1) is 14.6. The number of aromatic nitrogens is 2. The normalized spacial score (nSPS) is 10.2. The van der Waals surface area contributed by atoms with E-state index in [0.29, 0.717) is 22.6 Å². The molecule has 0 unspecified atom stereocenters. The molecule has 0 saturated heterocycles. The van der Waals surface area contributed by atoms with Crippen molar-refractivity contribution in [3.63, 3.8) is 0 Å². The van der Waals surface area contributed by atoms with Crippen molar-refractivity contribution < 1.29 is 9.59 Å². The summed E-state index contributed by atoms with van der Waals surface area (Å²) >= 11 is 0. The van der Waals surface area contributed by atoms with Crippen LogP contribution in [0.2, 0.25) is 0 Å². The van der Waals surface area contributed by atoms with E-state index in [4.69, 9.17) is 5.73 Å². The highest BCUT2D eigenvalue weighted by Gasteiger charge is 2.18. The number of nitrogens with zero attached hydrogens (tertiary/aromatic N) is 2. The number of aryl methyl sites for hydroxylation is 2. The predicted molar refractivity (Wildman–Crippen MR) is 80.1 cm³/mol. The van der Waals surface area contributed by atoms with Crippen LogP contribution in [0.5, 0.6) is 0 Å². The Morgan fingerprint density at radius 3 is 2.57 bits per heavy atom. The Balaban J connectivity index is 2.26. The number of nitrogen functional groups attached to an aromatic ring is 1. The Hall–Kier alpha value is -2.83. The molecule has 0 aliphatic heterocycles. The number of nitrogens with two attached hydrogens (primary N) is 1. The molecular formula is C14H17N5O2. The number of anilines is 2. The molecule has 2 aromatic rings. The zero-order valence-corrected chi connectivity index (χ0v) is 12.1. The minimum Gasteiger partial charge on any atom is -0.395 e. The van der Waals surface area contributed by atoms with E-state index in [1.807, 2.05) is 0 Å². The van der Waals surface area contributed by atoms with Crippen molar-refractivity contribution in [3.8, 4) is 0 Å². The fourth-order valence-electron chi connectivity index (χ4n) is 2.02. The monoisotopic (exact) mass is 287 g/mol. The molecule has 0 aliphatic carbocycles. The lowest BCUT2D eigenvalue weighted by Gasteiger charge is -2.08. The van der Waals surface area contributed by atoms with E-state index in [9.17, 15) is 9.59 Å². The molecule has 4 N–H and O–H groups in total. The molecule has 0 atom stereocenters. The smallest absolute Gasteiger partial charge is 0.276 e. The molecule has 7 nitrogen and oxygen atoms in total. The second-order valence-electron chi connectivity index (χ2n) is 4.59. The molecule has 21 heavy (non-hydrogen) atoms. The Kier molecular flexibility index (Phi) is 3.93. The van der Waals surface area contributed by atoms with Crippen molar-refractivity contribution in [2.45, 2.75) is 6.92 Å². The fraction of sp³-hybridized carbons (Fsp3) is 0.214. The largest absolute Gasteiger partial charge is 0.395 e. The topological polar surface area (TPSA) is 102 Å². The number of amides is 2. The van der Waals surface area contributed by atoms with Crippen molar-refractivity contribution in [2.24, 2.45) is 7.05 Å². The van der Waals surface area contributed by atoms with Gasteiger partial charge in [-0.3, -0.25) is 14.3 Å². The van der Waals surface area contributed by atoms with Crippen molar-refractivity contribution in [2.75, 3.05) is 18.1 Å². The van der Waals surface area contributed by atoms with Gasteiger partial charge in [-0.1, -0.05) is 6.07 Å². The highest BCUT2D eigenvalue weighted by atomic mass is 16.2. The van der Waals surface area contributed by atoms with Crippen LogP contribution in [0.4, 0.5) is 11.4 Å². The number of hydrogen-bond donors (Lipinski definition) is 3. The summed E-state index contributed by atoms with van der Waals surface area (Å²) in [6, 6.07) is 6.65. The molecular weight excluding hydrogens is 270 g/mol. The maximum absolute atomic E-state index is 12.3. The standard InChI is InChI=1S/C14H17N5O2/c1-8-11(15)12(19(3)18-8)14(21)17-10-6-4-5-9(7-10)13(20)16-2/h4-7H,15H2,1-3H3,(H,16,20)(H,17,21). The first-order valence-electron chi connectivity index (χ1n) is 6.36. The maximum Gasteiger partial charge on any atom is 0.276 e. The third-order valence-electron chi connectivity index (χ3n) is 3.09. The minimum atomic E-state index is -0.371. The predicted octanol–water partition coefficient (Wildman–Crippen LogP) is 0.923. The summed E-state index contributed by atoms with van der Waals surface area (Å²) in [5.41, 5.74) is 8.06. The SMILES string of the molecule is CNC(=O)c1cccc(NC(=O)c2c(N)c(C)nn2C)c1. The van der Waals surface area contributed by atoms with Gasteiger partial charge in [-0.2, -0.15) is 5.10 Å². The summed E-state index contributed by atoms with van der Waals surface area (Å²) in [5, 5.41) is 9.34. The van der Waals surface area contributed by atoms with E-state index in [1.165, 1.54) is 4.68 Å². The zero-order chi connectivity index (χ0) is 15.6. The molecule has 1 aromatic carbocycles. The van der Waals surface area contributed by atoms with Crippen molar-refractivity contribution in [3.05, 3.63) is 41.2 Å². The molecule has 110 valence electrons. The van der Waals surface area contributed by atoms with Crippen LogP contribution in [0.15, 0.2) is 24.3 Å². The van der Waals surface area contributed by atoms with E-state index >= 15 is 0 Å². The molecule has 0 bridgehead atoms. The highest BCUT2D eigenvalue weighted by Crippen LogP contribution is 2.18. The highest BCUT2D eigenvalue weighted by molar-refractivity contribution is 6.07. The number of benzene rings is 1. The summed E-state index contributed by atoms with van der Waals surface area (Å²) in [5.74, 6) is -0.591. The lowest BCUT2D eigenvalue weighted by atomic mass is 10.2. The number of rotatable bonds is 3. The number of hydrogen-bond acceptors (Lipinski definition) is 4. The third kappa shape index (κ3) is 2.86. The van der Waals surface area contributed by atoms with Crippen LogP contribution < -0.4 is 16.4 Å². The third-order valence-corrected chi connectivity index (χ3v) is 3.09. The summed E-state index contributed by atoms with van der Waals surface area (Å²) in [4.78, 5) is 23.8. The average Bonchev–Trinajstić information content (AvgIpc) is 2.71. The summed E-state index contributed by atoms with van der Waals surface area (Å²) in [7, 11) is 3.20. The molecule has 7 heteroatoms. The van der Waals surface area contributed by atoms with Gasteiger partial charge in [0.15, 0.2) is 0 Å². The molecule has 1 aromatic heterocycles. The molecule has 2 amide bonds. The van der Waals surface area contributed by atoms with Crippen molar-refractivity contribution >= 4 is 23.2 Å². The maximum atomic E-state index is 12.3. The number of carbonyl (C=O) groups excluding carboxylic acids is 2. The molecule has 0 saturated carbocycles. The molecule has 0 radical (unpaired) electrons. The van der Waals surface area contributed by atoms with Gasteiger partial charge in [-0.05, 0) is 25.1 Å². The van der Waals surface area contributed by atoms with Crippen LogP contribution in [-0.4, -0.2) is 28.6 Å². The van der Waals surface area contributed by atoms with Crippen molar-refractivity contribution in [1.82, 2.24) is 15.1 Å². The van der Waals surface area contributed by atoms with Crippen LogP contribution >= 0.6 is 0 Å². The minimum absolute atomic E-state index is 0.220. The van der Waals surface area contributed by atoms with E-state index in [0.717, 1.165) is 0 Å². The van der Waals surface area contributed by atoms with Gasteiger partial charge in [-0.25, -0.2) is 0 Å². The van der Waals surface area contributed by atoms with Crippen LogP contribution in [-0.2, 0) is 7.05 Å². The van der Waals surface area contributed by atoms with E-state index in [-0.39, 0.29) is 17.5 Å². The average molecular weight is 287 g/mol. The second kappa shape index (κ2) is 5.66. The molecule has 2 rings (SSSR count). The van der Waals surface area contributed by atoms with Crippen LogP contribution in [0.25, 0.3) is 0 Å². The molecule has 0 aliphatic rings. The summed E-state index contributed by atoms with van der Waals surface area (Å²) < 4.78 is 1.43.